The first-order valence-electron chi connectivity index (χ1n) is 5.77. The minimum absolute atomic E-state index is 0.941. The Balaban J connectivity index is 2.29. The fourth-order valence-corrected chi connectivity index (χ4v) is 1.83. The Bertz CT molecular complexity index is 326. The second-order valence-electron chi connectivity index (χ2n) is 4.16. The average molecular weight is 285 g/mol. The third-order valence-electron chi connectivity index (χ3n) is 2.78. The van der Waals surface area contributed by atoms with E-state index in [1.807, 2.05) is 0 Å². The van der Waals surface area contributed by atoms with Crippen LogP contribution in [0.3, 0.4) is 0 Å². The molecule has 1 rings (SSSR count). The van der Waals surface area contributed by atoms with Crippen LogP contribution in [0.2, 0.25) is 0 Å². The number of hydrogen-bond acceptors (Lipinski definition) is 2. The van der Waals surface area contributed by atoms with Crippen LogP contribution in [0.4, 0.5) is 0 Å². The normalized spacial score (nSPS) is 11.1. The van der Waals surface area contributed by atoms with Gasteiger partial charge in [0.2, 0.25) is 0 Å². The summed E-state index contributed by atoms with van der Waals surface area (Å²) in [6.07, 6.45) is 0. The van der Waals surface area contributed by atoms with E-state index in [0.29, 0.717) is 0 Å². The Morgan fingerprint density at radius 3 is 2.75 bits per heavy atom. The van der Waals surface area contributed by atoms with Gasteiger partial charge in [-0.05, 0) is 37.7 Å². The zero-order valence-electron chi connectivity index (χ0n) is 10.4. The smallest absolute Gasteiger partial charge is 0.0207 e. The van der Waals surface area contributed by atoms with E-state index < -0.39 is 0 Å². The largest absolute Gasteiger partial charge is 0.311 e. The molecule has 0 spiro atoms. The van der Waals surface area contributed by atoms with Crippen LogP contribution in [-0.2, 0) is 6.54 Å². The highest BCUT2D eigenvalue weighted by Crippen LogP contribution is 2.17. The predicted molar refractivity (Wildman–Crippen MR) is 73.8 cm³/mol. The van der Waals surface area contributed by atoms with E-state index in [1.54, 1.807) is 0 Å². The molecule has 0 bridgehead atoms. The summed E-state index contributed by atoms with van der Waals surface area (Å²) in [6, 6.07) is 6.52. The molecule has 0 amide bonds. The number of nitrogens with zero attached hydrogens (tertiary/aromatic N) is 1. The summed E-state index contributed by atoms with van der Waals surface area (Å²) < 4.78 is 1.19. The third-order valence-corrected chi connectivity index (χ3v) is 3.63. The van der Waals surface area contributed by atoms with Crippen molar-refractivity contribution in [2.45, 2.75) is 20.4 Å². The molecular weight excluding hydrogens is 264 g/mol. The van der Waals surface area contributed by atoms with Gasteiger partial charge in [-0.1, -0.05) is 35.0 Å². The Morgan fingerprint density at radius 1 is 1.38 bits per heavy atom. The SMILES string of the molecule is CCN(C)CCNCc1ccc(C)c(Br)c1. The molecule has 0 aromatic heterocycles. The lowest BCUT2D eigenvalue weighted by Gasteiger charge is -2.14. The van der Waals surface area contributed by atoms with Gasteiger partial charge in [-0.3, -0.25) is 0 Å². The maximum atomic E-state index is 3.55. The molecule has 16 heavy (non-hydrogen) atoms. The van der Waals surface area contributed by atoms with Crippen molar-refractivity contribution in [1.82, 2.24) is 10.2 Å². The quantitative estimate of drug-likeness (QED) is 0.809. The maximum absolute atomic E-state index is 3.55. The van der Waals surface area contributed by atoms with Crippen LogP contribution in [0.5, 0.6) is 0 Å². The van der Waals surface area contributed by atoms with Gasteiger partial charge in [0, 0.05) is 24.1 Å². The first kappa shape index (κ1) is 13.7. The van der Waals surface area contributed by atoms with Crippen molar-refractivity contribution < 1.29 is 0 Å². The molecule has 1 aromatic rings. The van der Waals surface area contributed by atoms with Crippen molar-refractivity contribution >= 4 is 15.9 Å². The average Bonchev–Trinajstić information content (AvgIpc) is 2.28. The van der Waals surface area contributed by atoms with Crippen molar-refractivity contribution in [3.05, 3.63) is 33.8 Å². The first-order valence-corrected chi connectivity index (χ1v) is 6.57. The van der Waals surface area contributed by atoms with Crippen LogP contribution in [0, 0.1) is 6.92 Å². The van der Waals surface area contributed by atoms with E-state index in [-0.39, 0.29) is 0 Å². The van der Waals surface area contributed by atoms with Crippen molar-refractivity contribution in [1.29, 1.82) is 0 Å². The van der Waals surface area contributed by atoms with E-state index >= 15 is 0 Å². The molecule has 0 unspecified atom stereocenters. The van der Waals surface area contributed by atoms with Crippen molar-refractivity contribution in [3.63, 3.8) is 0 Å². The molecule has 1 aromatic carbocycles. The molecule has 3 heteroatoms. The fraction of sp³-hybridized carbons (Fsp3) is 0.538. The van der Waals surface area contributed by atoms with Gasteiger partial charge in [-0.2, -0.15) is 0 Å². The fourth-order valence-electron chi connectivity index (χ4n) is 1.41. The summed E-state index contributed by atoms with van der Waals surface area (Å²) in [5.74, 6) is 0. The molecule has 0 atom stereocenters. The minimum Gasteiger partial charge on any atom is -0.311 e. The predicted octanol–water partition coefficient (Wildman–Crippen LogP) is 2.80. The van der Waals surface area contributed by atoms with Crippen molar-refractivity contribution in [2.75, 3.05) is 26.7 Å². The monoisotopic (exact) mass is 284 g/mol. The summed E-state index contributed by atoms with van der Waals surface area (Å²) in [5.41, 5.74) is 2.62. The Hall–Kier alpha value is -0.380. The first-order chi connectivity index (χ1) is 7.63. The Labute approximate surface area is 107 Å². The van der Waals surface area contributed by atoms with Gasteiger partial charge in [0.25, 0.3) is 0 Å². The molecule has 0 saturated carbocycles. The number of halogens is 1. The highest BCUT2D eigenvalue weighted by atomic mass is 79.9. The lowest BCUT2D eigenvalue weighted by Crippen LogP contribution is -2.28. The van der Waals surface area contributed by atoms with Crippen LogP contribution >= 0.6 is 15.9 Å². The van der Waals surface area contributed by atoms with Crippen molar-refractivity contribution in [2.24, 2.45) is 0 Å². The van der Waals surface area contributed by atoms with Gasteiger partial charge >= 0.3 is 0 Å². The second-order valence-corrected chi connectivity index (χ2v) is 5.01. The Morgan fingerprint density at radius 2 is 2.12 bits per heavy atom. The van der Waals surface area contributed by atoms with Crippen LogP contribution in [0.25, 0.3) is 0 Å². The highest BCUT2D eigenvalue weighted by molar-refractivity contribution is 9.10. The molecule has 0 heterocycles. The van der Waals surface area contributed by atoms with E-state index in [1.165, 1.54) is 15.6 Å². The molecule has 90 valence electrons. The Kier molecular flexibility index (Phi) is 6.03. The zero-order chi connectivity index (χ0) is 12.0. The number of likely N-dealkylation sites (N-methyl/N-ethyl adjacent to an activating group) is 1. The summed E-state index contributed by atoms with van der Waals surface area (Å²) in [7, 11) is 2.14. The number of rotatable bonds is 6. The number of aryl methyl sites for hydroxylation is 1. The highest BCUT2D eigenvalue weighted by Gasteiger charge is 1.98. The minimum atomic E-state index is 0.941. The summed E-state index contributed by atoms with van der Waals surface area (Å²) in [6.45, 7) is 8.47. The standard InChI is InChI=1S/C13H21BrN2/c1-4-16(3)8-7-15-10-12-6-5-11(2)13(14)9-12/h5-6,9,15H,4,7-8,10H2,1-3H3. The molecule has 0 aliphatic carbocycles. The molecule has 0 aliphatic rings. The number of benzene rings is 1. The van der Waals surface area contributed by atoms with Crippen LogP contribution in [0.1, 0.15) is 18.1 Å². The topological polar surface area (TPSA) is 15.3 Å². The van der Waals surface area contributed by atoms with Crippen LogP contribution in [0.15, 0.2) is 22.7 Å². The van der Waals surface area contributed by atoms with Crippen LogP contribution < -0.4 is 5.32 Å². The summed E-state index contributed by atoms with van der Waals surface area (Å²) >= 11 is 3.55. The molecule has 0 fully saturated rings. The van der Waals surface area contributed by atoms with Crippen LogP contribution in [-0.4, -0.2) is 31.6 Å². The number of hydrogen-bond donors (Lipinski definition) is 1. The van der Waals surface area contributed by atoms with Crippen molar-refractivity contribution in [3.8, 4) is 0 Å². The van der Waals surface area contributed by atoms with Gasteiger partial charge in [0.05, 0.1) is 0 Å². The molecular formula is C13H21BrN2. The lowest BCUT2D eigenvalue weighted by atomic mass is 10.1. The molecule has 0 aliphatic heterocycles. The van der Waals surface area contributed by atoms with E-state index in [9.17, 15) is 0 Å². The van der Waals surface area contributed by atoms with E-state index in [2.05, 4.69) is 65.2 Å². The second kappa shape index (κ2) is 7.05. The van der Waals surface area contributed by atoms with E-state index in [4.69, 9.17) is 0 Å². The summed E-state index contributed by atoms with van der Waals surface area (Å²) in [5, 5.41) is 3.45. The molecule has 2 nitrogen and oxygen atoms in total. The van der Waals surface area contributed by atoms with Gasteiger partial charge in [-0.25, -0.2) is 0 Å². The molecule has 0 saturated heterocycles. The van der Waals surface area contributed by atoms with Gasteiger partial charge in [0.1, 0.15) is 0 Å². The van der Waals surface area contributed by atoms with Gasteiger partial charge in [0.15, 0.2) is 0 Å². The van der Waals surface area contributed by atoms with E-state index in [0.717, 1.165) is 26.2 Å². The third kappa shape index (κ3) is 4.64. The summed E-state index contributed by atoms with van der Waals surface area (Å²) in [4.78, 5) is 2.30. The zero-order valence-corrected chi connectivity index (χ0v) is 12.0. The lowest BCUT2D eigenvalue weighted by molar-refractivity contribution is 0.349. The van der Waals surface area contributed by atoms with Gasteiger partial charge < -0.3 is 10.2 Å². The molecule has 1 N–H and O–H groups in total. The molecule has 0 radical (unpaired) electrons. The number of nitrogens with one attached hydrogen (secondary N) is 1. The van der Waals surface area contributed by atoms with Gasteiger partial charge in [-0.15, -0.1) is 0 Å². The maximum Gasteiger partial charge on any atom is 0.0207 e.